The second-order valence-electron chi connectivity index (χ2n) is 5.68. The van der Waals surface area contributed by atoms with Crippen LogP contribution >= 0.6 is 11.6 Å². The van der Waals surface area contributed by atoms with Gasteiger partial charge >= 0.3 is 6.09 Å². The van der Waals surface area contributed by atoms with Crippen molar-refractivity contribution in [1.29, 1.82) is 0 Å². The lowest BCUT2D eigenvalue weighted by molar-refractivity contribution is 0.0478. The van der Waals surface area contributed by atoms with Crippen molar-refractivity contribution < 1.29 is 14.3 Å². The molecule has 25 heavy (non-hydrogen) atoms. The molecule has 136 valence electrons. The molecule has 1 amide bonds. The molecule has 6 heteroatoms. The van der Waals surface area contributed by atoms with E-state index in [1.165, 1.54) is 0 Å². The predicted molar refractivity (Wildman–Crippen MR) is 98.8 cm³/mol. The molecule has 0 bridgehead atoms. The van der Waals surface area contributed by atoms with Gasteiger partial charge < -0.3 is 14.4 Å². The minimum atomic E-state index is -0.242. The summed E-state index contributed by atoms with van der Waals surface area (Å²) < 4.78 is 10.7. The van der Waals surface area contributed by atoms with E-state index in [4.69, 9.17) is 21.1 Å². The summed E-state index contributed by atoms with van der Waals surface area (Å²) in [4.78, 5) is 15.8. The van der Waals surface area contributed by atoms with Crippen LogP contribution in [0.1, 0.15) is 19.4 Å². The first-order valence-electron chi connectivity index (χ1n) is 8.64. The van der Waals surface area contributed by atoms with E-state index in [1.54, 1.807) is 4.90 Å². The molecule has 1 aromatic carbocycles. The molecule has 1 unspecified atom stereocenters. The van der Waals surface area contributed by atoms with Crippen molar-refractivity contribution in [3.05, 3.63) is 34.9 Å². The zero-order valence-corrected chi connectivity index (χ0v) is 15.6. The lowest BCUT2D eigenvalue weighted by atomic mass is 10.2. The number of rotatable bonds is 5. The topological polar surface area (TPSA) is 42.0 Å². The highest BCUT2D eigenvalue weighted by Crippen LogP contribution is 2.11. The van der Waals surface area contributed by atoms with Crippen molar-refractivity contribution in [2.24, 2.45) is 0 Å². The van der Waals surface area contributed by atoms with Crippen molar-refractivity contribution in [2.75, 3.05) is 46.0 Å². The summed E-state index contributed by atoms with van der Waals surface area (Å²) in [5.41, 5.74) is 0.888. The standard InChI is InChI=1S/C19H25ClN2O3/c1-3-24-15-18(9-8-16-6-5-7-17(20)14-16)21-10-12-22(13-11-21)19(23)25-4-2/h5-7,14,18H,3-4,10-13,15H2,1-2H3. The summed E-state index contributed by atoms with van der Waals surface area (Å²) in [6.07, 6.45) is -0.242. The fourth-order valence-corrected chi connectivity index (χ4v) is 2.82. The third-order valence-corrected chi connectivity index (χ3v) is 4.20. The highest BCUT2D eigenvalue weighted by molar-refractivity contribution is 6.30. The lowest BCUT2D eigenvalue weighted by Crippen LogP contribution is -2.52. The molecule has 2 rings (SSSR count). The Bertz CT molecular complexity index is 619. The van der Waals surface area contributed by atoms with Crippen molar-refractivity contribution in [2.45, 2.75) is 19.9 Å². The molecule has 1 saturated heterocycles. The summed E-state index contributed by atoms with van der Waals surface area (Å²) in [5.74, 6) is 6.48. The minimum Gasteiger partial charge on any atom is -0.450 e. The third kappa shape index (κ3) is 6.24. The van der Waals surface area contributed by atoms with Crippen LogP contribution in [0.5, 0.6) is 0 Å². The number of amides is 1. The highest BCUT2D eigenvalue weighted by Gasteiger charge is 2.25. The van der Waals surface area contributed by atoms with Gasteiger partial charge in [-0.1, -0.05) is 29.5 Å². The molecular weight excluding hydrogens is 340 g/mol. The predicted octanol–water partition coefficient (Wildman–Crippen LogP) is 2.87. The van der Waals surface area contributed by atoms with Gasteiger partial charge in [0.1, 0.15) is 0 Å². The first-order valence-corrected chi connectivity index (χ1v) is 9.02. The van der Waals surface area contributed by atoms with Crippen LogP contribution < -0.4 is 0 Å². The molecule has 0 radical (unpaired) electrons. The fraction of sp³-hybridized carbons (Fsp3) is 0.526. The van der Waals surface area contributed by atoms with Crippen molar-refractivity contribution >= 4 is 17.7 Å². The Labute approximate surface area is 154 Å². The first-order chi connectivity index (χ1) is 12.1. The number of hydrogen-bond donors (Lipinski definition) is 0. The van der Waals surface area contributed by atoms with Gasteiger partial charge in [0.2, 0.25) is 0 Å². The fourth-order valence-electron chi connectivity index (χ4n) is 2.63. The van der Waals surface area contributed by atoms with Crippen LogP contribution in [0.2, 0.25) is 5.02 Å². The normalized spacial score (nSPS) is 16.0. The molecule has 1 aliphatic heterocycles. The van der Waals surface area contributed by atoms with Crippen molar-refractivity contribution in [3.8, 4) is 11.8 Å². The molecule has 5 nitrogen and oxygen atoms in total. The Morgan fingerprint density at radius 3 is 2.64 bits per heavy atom. The van der Waals surface area contributed by atoms with Gasteiger partial charge in [0, 0.05) is 43.4 Å². The van der Waals surface area contributed by atoms with E-state index in [0.29, 0.717) is 37.9 Å². The Balaban J connectivity index is 2.00. The Hall–Kier alpha value is -1.74. The zero-order valence-electron chi connectivity index (χ0n) is 14.8. The number of carbonyl (C=O) groups excluding carboxylic acids is 1. The van der Waals surface area contributed by atoms with Crippen LogP contribution in [0.3, 0.4) is 0 Å². The molecule has 1 fully saturated rings. The Morgan fingerprint density at radius 2 is 2.00 bits per heavy atom. The number of benzene rings is 1. The first kappa shape index (κ1) is 19.6. The number of halogens is 1. The van der Waals surface area contributed by atoms with Crippen LogP contribution in [-0.2, 0) is 9.47 Å². The van der Waals surface area contributed by atoms with Crippen molar-refractivity contribution in [3.63, 3.8) is 0 Å². The number of ether oxygens (including phenoxy) is 2. The van der Waals surface area contributed by atoms with Gasteiger partial charge in [0.25, 0.3) is 0 Å². The van der Waals surface area contributed by atoms with E-state index in [-0.39, 0.29) is 12.1 Å². The molecule has 1 heterocycles. The van der Waals surface area contributed by atoms with Crippen LogP contribution in [0.4, 0.5) is 4.79 Å². The smallest absolute Gasteiger partial charge is 0.409 e. The number of hydrogen-bond acceptors (Lipinski definition) is 4. The second kappa shape index (κ2) is 10.3. The van der Waals surface area contributed by atoms with Crippen molar-refractivity contribution in [1.82, 2.24) is 9.80 Å². The summed E-state index contributed by atoms with van der Waals surface area (Å²) in [6.45, 7) is 8.17. The Morgan fingerprint density at radius 1 is 1.24 bits per heavy atom. The monoisotopic (exact) mass is 364 g/mol. The molecular formula is C19H25ClN2O3. The summed E-state index contributed by atoms with van der Waals surface area (Å²) in [7, 11) is 0. The van der Waals surface area contributed by atoms with Gasteiger partial charge in [-0.2, -0.15) is 0 Å². The van der Waals surface area contributed by atoms with Gasteiger partial charge in [-0.05, 0) is 32.0 Å². The maximum Gasteiger partial charge on any atom is 0.409 e. The maximum atomic E-state index is 11.8. The summed E-state index contributed by atoms with van der Waals surface area (Å²) >= 11 is 6.01. The maximum absolute atomic E-state index is 11.8. The molecule has 0 N–H and O–H groups in total. The second-order valence-corrected chi connectivity index (χ2v) is 6.11. The van der Waals surface area contributed by atoms with E-state index in [9.17, 15) is 4.79 Å². The van der Waals surface area contributed by atoms with Crippen LogP contribution in [-0.4, -0.2) is 67.9 Å². The van der Waals surface area contributed by atoms with E-state index < -0.39 is 0 Å². The number of carbonyl (C=O) groups is 1. The largest absolute Gasteiger partial charge is 0.450 e. The van der Waals surface area contributed by atoms with E-state index in [2.05, 4.69) is 16.7 Å². The van der Waals surface area contributed by atoms with Gasteiger partial charge in [-0.3, -0.25) is 4.90 Å². The minimum absolute atomic E-state index is 0.0109. The molecule has 0 spiro atoms. The Kier molecular flexibility index (Phi) is 8.07. The number of nitrogens with zero attached hydrogens (tertiary/aromatic N) is 2. The highest BCUT2D eigenvalue weighted by atomic mass is 35.5. The van der Waals surface area contributed by atoms with Gasteiger partial charge in [0.05, 0.1) is 19.3 Å². The van der Waals surface area contributed by atoms with E-state index >= 15 is 0 Å². The quantitative estimate of drug-likeness (QED) is 0.753. The zero-order chi connectivity index (χ0) is 18.1. The van der Waals surface area contributed by atoms with Crippen LogP contribution in [0.15, 0.2) is 24.3 Å². The van der Waals surface area contributed by atoms with E-state index in [1.807, 2.05) is 38.1 Å². The van der Waals surface area contributed by atoms with Crippen LogP contribution in [0.25, 0.3) is 0 Å². The average molecular weight is 365 g/mol. The summed E-state index contributed by atoms with van der Waals surface area (Å²) in [5, 5.41) is 0.677. The average Bonchev–Trinajstić information content (AvgIpc) is 2.62. The third-order valence-electron chi connectivity index (χ3n) is 3.97. The summed E-state index contributed by atoms with van der Waals surface area (Å²) in [6, 6.07) is 7.50. The van der Waals surface area contributed by atoms with Crippen LogP contribution in [0, 0.1) is 11.8 Å². The van der Waals surface area contributed by atoms with Gasteiger partial charge in [0.15, 0.2) is 0 Å². The molecule has 0 aromatic heterocycles. The molecule has 0 saturated carbocycles. The van der Waals surface area contributed by atoms with Gasteiger partial charge in [-0.25, -0.2) is 4.79 Å². The molecule has 1 aromatic rings. The van der Waals surface area contributed by atoms with E-state index in [0.717, 1.165) is 18.7 Å². The molecule has 1 atom stereocenters. The van der Waals surface area contributed by atoms with Gasteiger partial charge in [-0.15, -0.1) is 0 Å². The SMILES string of the molecule is CCOCC(C#Cc1cccc(Cl)c1)N1CCN(C(=O)OCC)CC1. The molecule has 0 aliphatic carbocycles. The number of piperazine rings is 1. The lowest BCUT2D eigenvalue weighted by Gasteiger charge is -2.36. The molecule has 1 aliphatic rings.